The summed E-state index contributed by atoms with van der Waals surface area (Å²) in [7, 11) is 5.10. The maximum atomic E-state index is 12.9. The lowest BCUT2D eigenvalue weighted by atomic mass is 9.85. The second-order valence-electron chi connectivity index (χ2n) is 10.4. The van der Waals surface area contributed by atoms with Crippen LogP contribution in [-0.2, 0) is 9.53 Å². The van der Waals surface area contributed by atoms with Gasteiger partial charge in [0.25, 0.3) is 5.69 Å². The van der Waals surface area contributed by atoms with Crippen molar-refractivity contribution in [3.05, 3.63) is 69.0 Å². The van der Waals surface area contributed by atoms with Gasteiger partial charge in [0.1, 0.15) is 17.4 Å². The van der Waals surface area contributed by atoms with E-state index in [1.54, 1.807) is 31.3 Å². The third-order valence-corrected chi connectivity index (χ3v) is 7.39. The van der Waals surface area contributed by atoms with E-state index < -0.39 is 0 Å². The summed E-state index contributed by atoms with van der Waals surface area (Å²) < 4.78 is 10.9. The average Bonchev–Trinajstić information content (AvgIpc) is 2.94. The zero-order valence-corrected chi connectivity index (χ0v) is 24.0. The second kappa shape index (κ2) is 12.4. The van der Waals surface area contributed by atoms with E-state index in [0.717, 1.165) is 46.0 Å². The van der Waals surface area contributed by atoms with Gasteiger partial charge in [0.15, 0.2) is 0 Å². The Hall–Kier alpha value is -4.05. The summed E-state index contributed by atoms with van der Waals surface area (Å²) in [4.78, 5) is 35.0. The number of likely N-dealkylation sites (N-methyl/N-ethyl adjacent to an activating group) is 1. The number of hydrogen-bond acceptors (Lipinski definition) is 8. The highest BCUT2D eigenvalue weighted by Crippen LogP contribution is 2.39. The number of nitro benzene ring substituents is 1. The number of nitrogens with one attached hydrogen (secondary N) is 1. The molecule has 1 heterocycles. The molecule has 1 aliphatic carbocycles. The molecule has 2 atom stereocenters. The average molecular weight is 548 g/mol. The van der Waals surface area contributed by atoms with Crippen LogP contribution in [0.4, 0.5) is 11.5 Å². The number of carbonyl (C=O) groups is 1. The molecule has 2 aromatic carbocycles. The number of aryl methyl sites for hydroxylation is 2. The molecule has 1 aliphatic rings. The van der Waals surface area contributed by atoms with E-state index in [0.29, 0.717) is 37.0 Å². The fraction of sp³-hybridized carbons (Fsp3) is 0.433. The number of nitro groups is 1. The third-order valence-electron chi connectivity index (χ3n) is 7.39. The summed E-state index contributed by atoms with van der Waals surface area (Å²) in [5, 5.41) is 15.7. The van der Waals surface area contributed by atoms with E-state index in [1.807, 2.05) is 46.0 Å². The molecule has 4 rings (SSSR count). The Kier molecular flexibility index (Phi) is 8.99. The maximum Gasteiger partial charge on any atom is 0.270 e. The molecule has 10 nitrogen and oxygen atoms in total. The van der Waals surface area contributed by atoms with Crippen molar-refractivity contribution in [3.8, 4) is 5.75 Å². The van der Waals surface area contributed by atoms with Crippen LogP contribution in [0.25, 0.3) is 16.5 Å². The Morgan fingerprint density at radius 2 is 1.98 bits per heavy atom. The number of carbonyl (C=O) groups excluding carboxylic acids is 1. The minimum absolute atomic E-state index is 0.0560. The third kappa shape index (κ3) is 6.39. The first-order valence-electron chi connectivity index (χ1n) is 13.4. The molecule has 0 spiro atoms. The van der Waals surface area contributed by atoms with Gasteiger partial charge in [0.05, 0.1) is 30.2 Å². The Morgan fingerprint density at radius 1 is 1.20 bits per heavy atom. The molecule has 1 aromatic heterocycles. The van der Waals surface area contributed by atoms with Crippen LogP contribution in [0.3, 0.4) is 0 Å². The Balaban J connectivity index is 1.66. The van der Waals surface area contributed by atoms with Gasteiger partial charge in [-0.1, -0.05) is 12.1 Å². The van der Waals surface area contributed by atoms with Gasteiger partial charge in [0, 0.05) is 55.8 Å². The first-order valence-corrected chi connectivity index (χ1v) is 13.4. The minimum atomic E-state index is -0.375. The van der Waals surface area contributed by atoms with Gasteiger partial charge in [-0.05, 0) is 62.8 Å². The zero-order chi connectivity index (χ0) is 29.0. The number of fused-ring (bicyclic) bond motifs is 1. The number of allylic oxidation sites excluding steroid dienone is 2. The maximum absolute atomic E-state index is 12.9. The van der Waals surface area contributed by atoms with Gasteiger partial charge in [-0.25, -0.2) is 9.97 Å². The molecule has 0 saturated heterocycles. The second-order valence-corrected chi connectivity index (χ2v) is 10.4. The highest BCUT2D eigenvalue weighted by atomic mass is 16.6. The number of anilines is 1. The Labute approximate surface area is 234 Å². The molecule has 212 valence electrons. The Morgan fingerprint density at radius 3 is 2.62 bits per heavy atom. The number of amides is 1. The topological polar surface area (TPSA) is 120 Å². The van der Waals surface area contributed by atoms with Crippen LogP contribution in [-0.4, -0.2) is 60.1 Å². The summed E-state index contributed by atoms with van der Waals surface area (Å²) >= 11 is 0. The molecule has 1 N–H and O–H groups in total. The Bertz CT molecular complexity index is 1450. The first kappa shape index (κ1) is 28.9. The van der Waals surface area contributed by atoms with Crippen molar-refractivity contribution in [2.75, 3.05) is 39.7 Å². The number of methoxy groups -OCH3 is 2. The van der Waals surface area contributed by atoms with Crippen LogP contribution >= 0.6 is 0 Å². The van der Waals surface area contributed by atoms with Crippen LogP contribution in [0.5, 0.6) is 5.75 Å². The fourth-order valence-corrected chi connectivity index (χ4v) is 5.19. The predicted molar refractivity (Wildman–Crippen MR) is 156 cm³/mol. The number of rotatable bonds is 10. The lowest BCUT2D eigenvalue weighted by Crippen LogP contribution is -2.35. The smallest absolute Gasteiger partial charge is 0.270 e. The molecule has 1 unspecified atom stereocenters. The SMILES string of the molecule is COCCN(C)C(=O)C1CC=C(c2cc3c(N[C@H](C)c4cc(C)cc([N+](=O)[O-])c4)nc(C)nc3cc2OC)CC1. The largest absolute Gasteiger partial charge is 0.496 e. The summed E-state index contributed by atoms with van der Waals surface area (Å²) in [6.45, 7) is 6.72. The molecule has 0 saturated carbocycles. The predicted octanol–water partition coefficient (Wildman–Crippen LogP) is 5.62. The summed E-state index contributed by atoms with van der Waals surface area (Å²) in [5.74, 6) is 2.04. The molecule has 0 fully saturated rings. The van der Waals surface area contributed by atoms with E-state index in [9.17, 15) is 14.9 Å². The number of hydrogen-bond donors (Lipinski definition) is 1. The summed E-state index contributed by atoms with van der Waals surface area (Å²) in [6, 6.07) is 8.81. The highest BCUT2D eigenvalue weighted by Gasteiger charge is 2.26. The van der Waals surface area contributed by atoms with E-state index >= 15 is 0 Å². The van der Waals surface area contributed by atoms with Crippen molar-refractivity contribution in [3.63, 3.8) is 0 Å². The zero-order valence-electron chi connectivity index (χ0n) is 24.0. The van der Waals surface area contributed by atoms with Gasteiger partial charge in [-0.2, -0.15) is 0 Å². The molecular formula is C30H37N5O5. The normalized spacial score (nSPS) is 15.8. The number of non-ortho nitro benzene ring substituents is 1. The lowest BCUT2D eigenvalue weighted by molar-refractivity contribution is -0.385. The molecule has 0 bridgehead atoms. The molecular weight excluding hydrogens is 510 g/mol. The fourth-order valence-electron chi connectivity index (χ4n) is 5.19. The van der Waals surface area contributed by atoms with Crippen LogP contribution in [0.15, 0.2) is 36.4 Å². The van der Waals surface area contributed by atoms with Crippen molar-refractivity contribution in [2.24, 2.45) is 5.92 Å². The standard InChI is InChI=1S/C30H37N5O5/c1-18-13-23(15-24(14-18)35(37)38)19(2)31-29-26-16-25(28(40-6)17-27(26)32-20(3)33-29)21-7-9-22(10-8-21)30(36)34(4)11-12-39-5/h7,13-17,19,22H,8-12H2,1-6H3,(H,31,32,33)/t19-,22?/m1/s1. The molecule has 40 heavy (non-hydrogen) atoms. The van der Waals surface area contributed by atoms with Gasteiger partial charge >= 0.3 is 0 Å². The first-order chi connectivity index (χ1) is 19.1. The van der Waals surface area contributed by atoms with E-state index in [2.05, 4.69) is 16.4 Å². The van der Waals surface area contributed by atoms with E-state index in [1.165, 1.54) is 0 Å². The van der Waals surface area contributed by atoms with Gasteiger partial charge < -0.3 is 19.7 Å². The number of benzene rings is 2. The quantitative estimate of drug-likeness (QED) is 0.256. The molecule has 3 aromatic rings. The number of ether oxygens (including phenoxy) is 2. The molecule has 1 amide bonds. The van der Waals surface area contributed by atoms with Crippen LogP contribution < -0.4 is 10.1 Å². The van der Waals surface area contributed by atoms with Gasteiger partial charge in [-0.3, -0.25) is 14.9 Å². The number of nitrogens with zero attached hydrogens (tertiary/aromatic N) is 4. The van der Waals surface area contributed by atoms with E-state index in [-0.39, 0.29) is 28.5 Å². The van der Waals surface area contributed by atoms with Gasteiger partial charge in [0.2, 0.25) is 5.91 Å². The monoisotopic (exact) mass is 547 g/mol. The van der Waals surface area contributed by atoms with Gasteiger partial charge in [-0.15, -0.1) is 0 Å². The minimum Gasteiger partial charge on any atom is -0.496 e. The number of aromatic nitrogens is 2. The van der Waals surface area contributed by atoms with Crippen LogP contribution in [0, 0.1) is 29.9 Å². The lowest BCUT2D eigenvalue weighted by Gasteiger charge is -2.27. The van der Waals surface area contributed by atoms with Crippen LogP contribution in [0.1, 0.15) is 54.7 Å². The van der Waals surface area contributed by atoms with Crippen molar-refractivity contribution in [1.29, 1.82) is 0 Å². The van der Waals surface area contributed by atoms with Crippen molar-refractivity contribution < 1.29 is 19.2 Å². The van der Waals surface area contributed by atoms with E-state index in [4.69, 9.17) is 14.5 Å². The van der Waals surface area contributed by atoms with Crippen LogP contribution in [0.2, 0.25) is 0 Å². The highest BCUT2D eigenvalue weighted by molar-refractivity contribution is 5.94. The summed E-state index contributed by atoms with van der Waals surface area (Å²) in [6.07, 6.45) is 4.29. The molecule has 10 heteroatoms. The molecule has 0 aliphatic heterocycles. The van der Waals surface area contributed by atoms with Crippen molar-refractivity contribution in [2.45, 2.75) is 46.1 Å². The molecule has 0 radical (unpaired) electrons. The summed E-state index contributed by atoms with van der Waals surface area (Å²) in [5.41, 5.74) is 4.48. The van der Waals surface area contributed by atoms with Crippen molar-refractivity contribution in [1.82, 2.24) is 14.9 Å². The van der Waals surface area contributed by atoms with Crippen molar-refractivity contribution >= 4 is 33.9 Å².